The van der Waals surface area contributed by atoms with Crippen molar-refractivity contribution < 1.29 is 0 Å². The average Bonchev–Trinajstić information content (AvgIpc) is 2.94. The monoisotopic (exact) mass is 284 g/mol. The van der Waals surface area contributed by atoms with Gasteiger partial charge in [0.05, 0.1) is 11.8 Å². The smallest absolute Gasteiger partial charge is 0.138 e. The summed E-state index contributed by atoms with van der Waals surface area (Å²) in [7, 11) is 0. The standard InChI is InChI=1S/C15H16N4S/c1-2-7-17-14-12-6-9-20-15(12)19-13(18-14)10-11-5-3-4-8-16-11/h3-6,8-9H,2,7,10H2,1H3,(H,17,18,19). The summed E-state index contributed by atoms with van der Waals surface area (Å²) < 4.78 is 0. The molecule has 0 aliphatic carbocycles. The summed E-state index contributed by atoms with van der Waals surface area (Å²) in [5.41, 5.74) is 0.991. The van der Waals surface area contributed by atoms with E-state index in [-0.39, 0.29) is 0 Å². The van der Waals surface area contributed by atoms with Crippen LogP contribution in [0, 0.1) is 0 Å². The van der Waals surface area contributed by atoms with Crippen molar-refractivity contribution in [2.45, 2.75) is 19.8 Å². The minimum absolute atomic E-state index is 0.662. The number of nitrogens with one attached hydrogen (secondary N) is 1. The van der Waals surface area contributed by atoms with Gasteiger partial charge in [-0.3, -0.25) is 4.98 Å². The number of hydrogen-bond acceptors (Lipinski definition) is 5. The van der Waals surface area contributed by atoms with Gasteiger partial charge in [-0.2, -0.15) is 0 Å². The molecule has 0 fully saturated rings. The molecule has 0 unspecified atom stereocenters. The van der Waals surface area contributed by atoms with Gasteiger partial charge in [-0.05, 0) is 30.0 Å². The lowest BCUT2D eigenvalue weighted by Gasteiger charge is -2.07. The average molecular weight is 284 g/mol. The van der Waals surface area contributed by atoms with Crippen LogP contribution in [0.4, 0.5) is 5.82 Å². The first-order valence-electron chi connectivity index (χ1n) is 6.74. The van der Waals surface area contributed by atoms with E-state index >= 15 is 0 Å². The van der Waals surface area contributed by atoms with Crippen LogP contribution in [0.2, 0.25) is 0 Å². The van der Waals surface area contributed by atoms with Gasteiger partial charge in [0.15, 0.2) is 0 Å². The Morgan fingerprint density at radius 2 is 2.15 bits per heavy atom. The Morgan fingerprint density at radius 1 is 1.20 bits per heavy atom. The van der Waals surface area contributed by atoms with Crippen LogP contribution in [-0.4, -0.2) is 21.5 Å². The molecular formula is C15H16N4S. The molecule has 3 rings (SSSR count). The van der Waals surface area contributed by atoms with Gasteiger partial charge in [-0.15, -0.1) is 11.3 Å². The van der Waals surface area contributed by atoms with E-state index < -0.39 is 0 Å². The van der Waals surface area contributed by atoms with Crippen molar-refractivity contribution in [1.82, 2.24) is 15.0 Å². The van der Waals surface area contributed by atoms with Gasteiger partial charge in [0.2, 0.25) is 0 Å². The van der Waals surface area contributed by atoms with Crippen molar-refractivity contribution in [1.29, 1.82) is 0 Å². The first-order valence-corrected chi connectivity index (χ1v) is 7.62. The molecule has 0 aliphatic rings. The van der Waals surface area contributed by atoms with Crippen LogP contribution in [0.1, 0.15) is 24.9 Å². The molecular weight excluding hydrogens is 268 g/mol. The molecule has 3 aromatic rings. The van der Waals surface area contributed by atoms with Gasteiger partial charge >= 0.3 is 0 Å². The second kappa shape index (κ2) is 5.96. The van der Waals surface area contributed by atoms with Gasteiger partial charge in [0, 0.05) is 18.4 Å². The summed E-state index contributed by atoms with van der Waals surface area (Å²) in [4.78, 5) is 14.6. The van der Waals surface area contributed by atoms with Crippen molar-refractivity contribution in [3.8, 4) is 0 Å². The highest BCUT2D eigenvalue weighted by Gasteiger charge is 2.09. The first kappa shape index (κ1) is 13.0. The van der Waals surface area contributed by atoms with Crippen LogP contribution in [0.15, 0.2) is 35.8 Å². The van der Waals surface area contributed by atoms with Crippen molar-refractivity contribution in [2.75, 3.05) is 11.9 Å². The fourth-order valence-electron chi connectivity index (χ4n) is 2.02. The predicted molar refractivity (Wildman–Crippen MR) is 83.2 cm³/mol. The van der Waals surface area contributed by atoms with E-state index in [2.05, 4.69) is 38.6 Å². The van der Waals surface area contributed by atoms with Gasteiger partial charge in [-0.1, -0.05) is 13.0 Å². The molecule has 0 bridgehead atoms. The molecule has 0 aliphatic heterocycles. The third-order valence-electron chi connectivity index (χ3n) is 2.98. The Labute approximate surface area is 121 Å². The topological polar surface area (TPSA) is 50.7 Å². The number of hydrogen-bond donors (Lipinski definition) is 1. The third-order valence-corrected chi connectivity index (χ3v) is 3.79. The Kier molecular flexibility index (Phi) is 3.87. The fraction of sp³-hybridized carbons (Fsp3) is 0.267. The van der Waals surface area contributed by atoms with Gasteiger partial charge in [0.1, 0.15) is 16.5 Å². The summed E-state index contributed by atoms with van der Waals surface area (Å²) in [5, 5.41) is 6.55. The zero-order valence-electron chi connectivity index (χ0n) is 11.3. The molecule has 102 valence electrons. The first-order chi connectivity index (χ1) is 9.86. The second-order valence-electron chi connectivity index (χ2n) is 4.55. The Morgan fingerprint density at radius 3 is 2.95 bits per heavy atom. The number of fused-ring (bicyclic) bond motifs is 1. The lowest BCUT2D eigenvalue weighted by molar-refractivity contribution is 0.933. The molecule has 0 spiro atoms. The number of thiophene rings is 1. The van der Waals surface area contributed by atoms with Crippen molar-refractivity contribution in [2.24, 2.45) is 0 Å². The number of rotatable bonds is 5. The van der Waals surface area contributed by atoms with Crippen LogP contribution >= 0.6 is 11.3 Å². The maximum absolute atomic E-state index is 4.65. The van der Waals surface area contributed by atoms with Crippen molar-refractivity contribution in [3.63, 3.8) is 0 Å². The van der Waals surface area contributed by atoms with Gasteiger partial charge in [-0.25, -0.2) is 9.97 Å². The van der Waals surface area contributed by atoms with Gasteiger partial charge in [0.25, 0.3) is 0 Å². The molecule has 5 heteroatoms. The van der Waals surface area contributed by atoms with E-state index in [1.165, 1.54) is 0 Å². The Hall–Kier alpha value is -2.01. The van der Waals surface area contributed by atoms with E-state index in [4.69, 9.17) is 0 Å². The quantitative estimate of drug-likeness (QED) is 0.779. The van der Waals surface area contributed by atoms with Crippen LogP contribution < -0.4 is 5.32 Å². The van der Waals surface area contributed by atoms with Gasteiger partial charge < -0.3 is 5.32 Å². The lowest BCUT2D eigenvalue weighted by Crippen LogP contribution is -2.06. The number of pyridine rings is 1. The molecule has 4 nitrogen and oxygen atoms in total. The number of nitrogens with zero attached hydrogens (tertiary/aromatic N) is 3. The largest absolute Gasteiger partial charge is 0.369 e. The SMILES string of the molecule is CCCNc1nc(Cc2ccccn2)nc2sccc12. The maximum Gasteiger partial charge on any atom is 0.138 e. The molecule has 0 saturated heterocycles. The summed E-state index contributed by atoms with van der Waals surface area (Å²) >= 11 is 1.65. The predicted octanol–water partition coefficient (Wildman–Crippen LogP) is 3.50. The zero-order chi connectivity index (χ0) is 13.8. The summed E-state index contributed by atoms with van der Waals surface area (Å²) in [5.74, 6) is 1.75. The Balaban J connectivity index is 1.94. The van der Waals surface area contributed by atoms with E-state index in [0.717, 1.165) is 40.5 Å². The second-order valence-corrected chi connectivity index (χ2v) is 5.45. The maximum atomic E-state index is 4.65. The highest BCUT2D eigenvalue weighted by Crippen LogP contribution is 2.25. The molecule has 20 heavy (non-hydrogen) atoms. The molecule has 3 heterocycles. The van der Waals surface area contributed by atoms with Crippen LogP contribution in [0.5, 0.6) is 0 Å². The van der Waals surface area contributed by atoms with Crippen LogP contribution in [-0.2, 0) is 6.42 Å². The van der Waals surface area contributed by atoms with Crippen molar-refractivity contribution in [3.05, 3.63) is 47.4 Å². The highest BCUT2D eigenvalue weighted by atomic mass is 32.1. The van der Waals surface area contributed by atoms with E-state index in [9.17, 15) is 0 Å². The normalized spacial score (nSPS) is 10.8. The molecule has 3 aromatic heterocycles. The minimum atomic E-state index is 0.662. The zero-order valence-corrected chi connectivity index (χ0v) is 12.2. The van der Waals surface area contributed by atoms with E-state index in [1.807, 2.05) is 18.2 Å². The number of aromatic nitrogens is 3. The minimum Gasteiger partial charge on any atom is -0.369 e. The summed E-state index contributed by atoms with van der Waals surface area (Å²) in [6.45, 7) is 3.07. The van der Waals surface area contributed by atoms with Crippen molar-refractivity contribution >= 4 is 27.4 Å². The molecule has 0 radical (unpaired) electrons. The summed E-state index contributed by atoms with van der Waals surface area (Å²) in [6, 6.07) is 7.98. The fourth-order valence-corrected chi connectivity index (χ4v) is 2.80. The van der Waals surface area contributed by atoms with E-state index in [0.29, 0.717) is 6.42 Å². The molecule has 0 saturated carbocycles. The third kappa shape index (κ3) is 2.77. The highest BCUT2D eigenvalue weighted by molar-refractivity contribution is 7.16. The number of anilines is 1. The van der Waals surface area contributed by atoms with E-state index in [1.54, 1.807) is 17.5 Å². The molecule has 0 atom stereocenters. The summed E-state index contributed by atoms with van der Waals surface area (Å²) in [6.07, 6.45) is 3.54. The Bertz CT molecular complexity index is 693. The lowest BCUT2D eigenvalue weighted by atomic mass is 10.2. The molecule has 0 aromatic carbocycles. The molecule has 1 N–H and O–H groups in total. The molecule has 0 amide bonds. The van der Waals surface area contributed by atoms with Crippen LogP contribution in [0.3, 0.4) is 0 Å². The van der Waals surface area contributed by atoms with Crippen LogP contribution in [0.25, 0.3) is 10.2 Å².